The third-order valence-electron chi connectivity index (χ3n) is 5.36. The van der Waals surface area contributed by atoms with E-state index in [0.29, 0.717) is 12.3 Å². The number of ether oxygens (including phenoxy) is 3. The number of nitrogens with one attached hydrogen (secondary N) is 2. The first-order valence-corrected chi connectivity index (χ1v) is 10.3. The lowest BCUT2D eigenvalue weighted by Crippen LogP contribution is -2.33. The van der Waals surface area contributed by atoms with Crippen LogP contribution in [0.5, 0.6) is 17.2 Å². The number of benzene rings is 2. The van der Waals surface area contributed by atoms with Gasteiger partial charge >= 0.3 is 0 Å². The Bertz CT molecular complexity index is 889. The summed E-state index contributed by atoms with van der Waals surface area (Å²) < 4.78 is 16.4. The Hall–Kier alpha value is -3.17. The van der Waals surface area contributed by atoms with Crippen LogP contribution in [0.4, 0.5) is 0 Å². The highest BCUT2D eigenvalue weighted by molar-refractivity contribution is 5.77. The third-order valence-corrected chi connectivity index (χ3v) is 5.36. The number of methoxy groups -OCH3 is 2. The lowest BCUT2D eigenvalue weighted by molar-refractivity contribution is -0.123. The molecule has 1 amide bonds. The van der Waals surface area contributed by atoms with Crippen molar-refractivity contribution >= 4 is 5.91 Å². The normalized spacial score (nSPS) is 13.4. The van der Waals surface area contributed by atoms with E-state index in [-0.39, 0.29) is 30.4 Å². The summed E-state index contributed by atoms with van der Waals surface area (Å²) in [7, 11) is 5.16. The predicted octanol–water partition coefficient (Wildman–Crippen LogP) is 3.41. The molecule has 0 saturated carbocycles. The molecule has 0 aromatic heterocycles. The van der Waals surface area contributed by atoms with Crippen molar-refractivity contribution in [1.29, 1.82) is 0 Å². The van der Waals surface area contributed by atoms with Gasteiger partial charge in [-0.1, -0.05) is 26.0 Å². The second kappa shape index (κ2) is 11.9. The highest BCUT2D eigenvalue weighted by atomic mass is 16.5. The largest absolute Gasteiger partial charge is 0.497 e. The van der Waals surface area contributed by atoms with Crippen molar-refractivity contribution in [3.63, 3.8) is 0 Å². The number of amides is 1. The molecule has 0 radical (unpaired) electrons. The molecule has 0 spiro atoms. The summed E-state index contributed by atoms with van der Waals surface area (Å²) in [6.45, 7) is 4.47. The molecule has 2 aromatic rings. The maximum atomic E-state index is 12.0. The molecule has 166 valence electrons. The molecular formula is C25H32N2O4. The van der Waals surface area contributed by atoms with Crippen LogP contribution in [0.1, 0.15) is 31.0 Å². The highest BCUT2D eigenvalue weighted by Crippen LogP contribution is 2.33. The van der Waals surface area contributed by atoms with Crippen LogP contribution < -0.4 is 24.8 Å². The Labute approximate surface area is 185 Å². The molecule has 31 heavy (non-hydrogen) atoms. The molecule has 2 N–H and O–H groups in total. The Morgan fingerprint density at radius 1 is 1.06 bits per heavy atom. The van der Waals surface area contributed by atoms with Gasteiger partial charge in [0.25, 0.3) is 5.91 Å². The van der Waals surface area contributed by atoms with Crippen molar-refractivity contribution in [2.45, 2.75) is 19.9 Å². The maximum Gasteiger partial charge on any atom is 0.257 e. The van der Waals surface area contributed by atoms with Crippen LogP contribution in [0, 0.1) is 24.2 Å². The summed E-state index contributed by atoms with van der Waals surface area (Å²) in [5.74, 6) is 4.94. The minimum Gasteiger partial charge on any atom is -0.497 e. The standard InChI is InChI=1S/C25H32N2O4/c1-7-17(2)18(3)15-27-24(28)16-31-20-10-8-19(9-11-20)25(26-4)22-13-12-21(29-5)14-23(22)30-6/h1,8-14,17-18,25-26H,15-16H2,2-6H3,(H,27,28)/t17-,18?,25?/m1/s1. The number of hydrogen-bond donors (Lipinski definition) is 2. The van der Waals surface area contributed by atoms with Gasteiger partial charge in [-0.25, -0.2) is 0 Å². The van der Waals surface area contributed by atoms with E-state index in [4.69, 9.17) is 20.6 Å². The second-order valence-corrected chi connectivity index (χ2v) is 7.42. The van der Waals surface area contributed by atoms with Gasteiger partial charge in [-0.15, -0.1) is 12.3 Å². The first kappa shape index (κ1) is 24.1. The fourth-order valence-corrected chi connectivity index (χ4v) is 3.13. The predicted molar refractivity (Wildman–Crippen MR) is 123 cm³/mol. The molecule has 0 bridgehead atoms. The van der Waals surface area contributed by atoms with Crippen LogP contribution in [0.25, 0.3) is 0 Å². The van der Waals surface area contributed by atoms with Crippen molar-refractivity contribution < 1.29 is 19.0 Å². The fourth-order valence-electron chi connectivity index (χ4n) is 3.13. The minimum absolute atomic E-state index is 0.0434. The zero-order valence-corrected chi connectivity index (χ0v) is 18.9. The summed E-state index contributed by atoms with van der Waals surface area (Å²) in [5.41, 5.74) is 2.04. The average molecular weight is 425 g/mol. The molecule has 6 nitrogen and oxygen atoms in total. The Balaban J connectivity index is 1.99. The molecule has 0 aliphatic carbocycles. The van der Waals surface area contributed by atoms with Gasteiger partial charge in [-0.3, -0.25) is 4.79 Å². The van der Waals surface area contributed by atoms with E-state index >= 15 is 0 Å². The van der Waals surface area contributed by atoms with Crippen molar-refractivity contribution in [3.05, 3.63) is 53.6 Å². The van der Waals surface area contributed by atoms with Crippen molar-refractivity contribution in [3.8, 4) is 29.6 Å². The first-order valence-electron chi connectivity index (χ1n) is 10.3. The van der Waals surface area contributed by atoms with Gasteiger partial charge in [-0.2, -0.15) is 0 Å². The molecule has 0 fully saturated rings. The molecule has 2 unspecified atom stereocenters. The Morgan fingerprint density at radius 2 is 1.74 bits per heavy atom. The zero-order valence-electron chi connectivity index (χ0n) is 18.9. The van der Waals surface area contributed by atoms with Crippen molar-refractivity contribution in [1.82, 2.24) is 10.6 Å². The highest BCUT2D eigenvalue weighted by Gasteiger charge is 2.18. The smallest absolute Gasteiger partial charge is 0.257 e. The van der Waals surface area contributed by atoms with E-state index in [9.17, 15) is 4.79 Å². The van der Waals surface area contributed by atoms with Gasteiger partial charge < -0.3 is 24.8 Å². The number of hydrogen-bond acceptors (Lipinski definition) is 5. The van der Waals surface area contributed by atoms with E-state index < -0.39 is 0 Å². The first-order chi connectivity index (χ1) is 14.9. The van der Waals surface area contributed by atoms with E-state index in [1.165, 1.54) is 0 Å². The van der Waals surface area contributed by atoms with E-state index in [1.54, 1.807) is 14.2 Å². The molecule has 6 heteroatoms. The summed E-state index contributed by atoms with van der Waals surface area (Å²) in [4.78, 5) is 12.0. The molecule has 0 heterocycles. The monoisotopic (exact) mass is 424 g/mol. The van der Waals surface area contributed by atoms with Gasteiger partial charge in [0.15, 0.2) is 6.61 Å². The van der Waals surface area contributed by atoms with Crippen LogP contribution >= 0.6 is 0 Å². The summed E-state index contributed by atoms with van der Waals surface area (Å²) in [6.07, 6.45) is 5.42. The number of carbonyl (C=O) groups excluding carboxylic acids is 1. The molecule has 0 aliphatic rings. The van der Waals surface area contributed by atoms with Crippen molar-refractivity contribution in [2.75, 3.05) is 34.4 Å². The lowest BCUT2D eigenvalue weighted by Gasteiger charge is -2.21. The van der Waals surface area contributed by atoms with Gasteiger partial charge in [0.05, 0.1) is 20.3 Å². The Morgan fingerprint density at radius 3 is 2.32 bits per heavy atom. The summed E-state index contributed by atoms with van der Waals surface area (Å²) >= 11 is 0. The van der Waals surface area contributed by atoms with Gasteiger partial charge in [0.2, 0.25) is 0 Å². The SMILES string of the molecule is C#C[C@@H](C)C(C)CNC(=O)COc1ccc(C(NC)c2ccc(OC)cc2OC)cc1. The average Bonchev–Trinajstić information content (AvgIpc) is 2.81. The van der Waals surface area contributed by atoms with Gasteiger partial charge in [0, 0.05) is 24.1 Å². The van der Waals surface area contributed by atoms with E-state index in [2.05, 4.69) is 16.6 Å². The van der Waals surface area contributed by atoms with Gasteiger partial charge in [-0.05, 0) is 42.8 Å². The molecule has 2 aromatic carbocycles. The van der Waals surface area contributed by atoms with E-state index in [0.717, 1.165) is 22.6 Å². The second-order valence-electron chi connectivity index (χ2n) is 7.42. The van der Waals surface area contributed by atoms with Crippen LogP contribution in [0.3, 0.4) is 0 Å². The maximum absolute atomic E-state index is 12.0. The summed E-state index contributed by atoms with van der Waals surface area (Å²) in [5, 5.41) is 6.17. The lowest BCUT2D eigenvalue weighted by atomic mass is 9.97. The molecule has 3 atom stereocenters. The topological polar surface area (TPSA) is 68.8 Å². The van der Waals surface area contributed by atoms with Crippen LogP contribution in [-0.4, -0.2) is 40.3 Å². The van der Waals surface area contributed by atoms with Gasteiger partial charge in [0.1, 0.15) is 17.2 Å². The molecular weight excluding hydrogens is 392 g/mol. The zero-order chi connectivity index (χ0) is 22.8. The molecule has 2 rings (SSSR count). The number of rotatable bonds is 11. The Kier molecular flexibility index (Phi) is 9.23. The summed E-state index contributed by atoms with van der Waals surface area (Å²) in [6, 6.07) is 13.3. The molecule has 0 saturated heterocycles. The number of terminal acetylenes is 1. The van der Waals surface area contributed by atoms with E-state index in [1.807, 2.05) is 63.4 Å². The third kappa shape index (κ3) is 6.66. The fraction of sp³-hybridized carbons (Fsp3) is 0.400. The number of carbonyl (C=O) groups is 1. The van der Waals surface area contributed by atoms with Crippen LogP contribution in [0.2, 0.25) is 0 Å². The van der Waals surface area contributed by atoms with Crippen molar-refractivity contribution in [2.24, 2.45) is 11.8 Å². The minimum atomic E-state index is -0.170. The van der Waals surface area contributed by atoms with Crippen LogP contribution in [0.15, 0.2) is 42.5 Å². The van der Waals surface area contributed by atoms with Crippen LogP contribution in [-0.2, 0) is 4.79 Å². The quantitative estimate of drug-likeness (QED) is 0.541. The molecule has 0 aliphatic heterocycles.